The normalized spacial score (nSPS) is 17.4. The minimum atomic E-state index is 0.957. The Kier molecular flexibility index (Phi) is 5.67. The molecule has 2 aliphatic rings. The van der Waals surface area contributed by atoms with Gasteiger partial charge in [0.2, 0.25) is 0 Å². The maximum Gasteiger partial charge on any atom is 0.116 e. The molecule has 7 rings (SSSR count). The molecule has 0 radical (unpaired) electrons. The van der Waals surface area contributed by atoms with E-state index in [2.05, 4.69) is 85.3 Å². The zero-order valence-corrected chi connectivity index (χ0v) is 21.4. The number of aromatic amines is 2. The molecule has 0 atom stereocenters. The summed E-state index contributed by atoms with van der Waals surface area (Å²) in [5.41, 5.74) is 9.09. The van der Waals surface area contributed by atoms with Crippen LogP contribution in [0.2, 0.25) is 0 Å². The summed E-state index contributed by atoms with van der Waals surface area (Å²) in [5, 5.41) is 10.4. The van der Waals surface area contributed by atoms with Crippen LogP contribution in [0.5, 0.6) is 0 Å². The van der Waals surface area contributed by atoms with Gasteiger partial charge in [0.05, 0.1) is 11.2 Å². The van der Waals surface area contributed by atoms with E-state index < -0.39 is 0 Å². The van der Waals surface area contributed by atoms with E-state index in [9.17, 15) is 0 Å². The quantitative estimate of drug-likeness (QED) is 0.357. The third-order valence-electron chi connectivity index (χ3n) is 8.04. The summed E-state index contributed by atoms with van der Waals surface area (Å²) in [6, 6.07) is 17.7. The Bertz CT molecular complexity index is 1550. The Labute approximate surface area is 217 Å². The number of hydrogen-bond acceptors (Lipinski definition) is 5. The second-order valence-corrected chi connectivity index (χ2v) is 10.6. The SMILES string of the molecule is CN1CCN(c2cccc3[nH]c(-c4n[nH]c5ccc(-c6cncc(CN7CCCC7)c6)cc45)cc23)CC1. The van der Waals surface area contributed by atoms with Gasteiger partial charge in [0.15, 0.2) is 0 Å². The second kappa shape index (κ2) is 9.32. The molecule has 3 aromatic heterocycles. The van der Waals surface area contributed by atoms with E-state index in [0.717, 1.165) is 66.1 Å². The number of fused-ring (bicyclic) bond motifs is 2. The number of nitrogens with zero attached hydrogens (tertiary/aromatic N) is 5. The highest BCUT2D eigenvalue weighted by Gasteiger charge is 2.19. The van der Waals surface area contributed by atoms with Crippen LogP contribution < -0.4 is 4.90 Å². The topological polar surface area (TPSA) is 67.1 Å². The first-order valence-electron chi connectivity index (χ1n) is 13.4. The maximum absolute atomic E-state index is 4.73. The highest BCUT2D eigenvalue weighted by molar-refractivity contribution is 6.01. The van der Waals surface area contributed by atoms with E-state index in [0.29, 0.717) is 0 Å². The van der Waals surface area contributed by atoms with E-state index in [1.807, 2.05) is 12.4 Å². The largest absolute Gasteiger partial charge is 0.368 e. The summed E-state index contributed by atoms with van der Waals surface area (Å²) < 4.78 is 0. The lowest BCUT2D eigenvalue weighted by molar-refractivity contribution is 0.313. The molecular weight excluding hydrogens is 458 g/mol. The molecule has 0 saturated carbocycles. The standard InChI is InChI=1S/C30H33N7/c1-35-11-13-37(14-12-35)29-6-4-5-26-24(29)17-28(32-26)30-25-16-22(7-8-27(25)33-34-30)23-15-21(18-31-19-23)20-36-9-2-3-10-36/h4-8,15-19,32H,2-3,9-14,20H2,1H3,(H,33,34). The lowest BCUT2D eigenvalue weighted by Gasteiger charge is -2.34. The molecule has 37 heavy (non-hydrogen) atoms. The average molecular weight is 492 g/mol. The van der Waals surface area contributed by atoms with Gasteiger partial charge in [-0.25, -0.2) is 0 Å². The van der Waals surface area contributed by atoms with Crippen molar-refractivity contribution in [2.75, 3.05) is 51.2 Å². The lowest BCUT2D eigenvalue weighted by Crippen LogP contribution is -2.44. The van der Waals surface area contributed by atoms with Crippen molar-refractivity contribution < 1.29 is 0 Å². The molecule has 188 valence electrons. The van der Waals surface area contributed by atoms with Crippen molar-refractivity contribution in [1.82, 2.24) is 30.0 Å². The smallest absolute Gasteiger partial charge is 0.116 e. The minimum absolute atomic E-state index is 0.957. The third kappa shape index (κ3) is 4.28. The first kappa shape index (κ1) is 22.5. The average Bonchev–Trinajstić information content (AvgIpc) is 3.68. The molecule has 7 nitrogen and oxygen atoms in total. The van der Waals surface area contributed by atoms with Crippen molar-refractivity contribution in [2.24, 2.45) is 0 Å². The maximum atomic E-state index is 4.73. The van der Waals surface area contributed by atoms with E-state index in [4.69, 9.17) is 5.10 Å². The van der Waals surface area contributed by atoms with Crippen LogP contribution in [0, 0.1) is 0 Å². The van der Waals surface area contributed by atoms with Gasteiger partial charge in [0, 0.05) is 72.7 Å². The van der Waals surface area contributed by atoms with E-state index in [-0.39, 0.29) is 0 Å². The number of anilines is 1. The van der Waals surface area contributed by atoms with Gasteiger partial charge < -0.3 is 14.8 Å². The van der Waals surface area contributed by atoms with Crippen LogP contribution in [-0.2, 0) is 6.54 Å². The van der Waals surface area contributed by atoms with Crippen molar-refractivity contribution in [1.29, 1.82) is 0 Å². The van der Waals surface area contributed by atoms with Crippen molar-refractivity contribution in [2.45, 2.75) is 19.4 Å². The Morgan fingerprint density at radius 2 is 1.68 bits per heavy atom. The van der Waals surface area contributed by atoms with Crippen LogP contribution >= 0.6 is 0 Å². The summed E-state index contributed by atoms with van der Waals surface area (Å²) in [7, 11) is 2.20. The van der Waals surface area contributed by atoms with Crippen LogP contribution in [0.4, 0.5) is 5.69 Å². The Balaban J connectivity index is 1.24. The molecule has 2 aromatic carbocycles. The second-order valence-electron chi connectivity index (χ2n) is 10.6. The minimum Gasteiger partial charge on any atom is -0.368 e. The highest BCUT2D eigenvalue weighted by Crippen LogP contribution is 2.35. The van der Waals surface area contributed by atoms with Gasteiger partial charge in [-0.3, -0.25) is 15.0 Å². The Morgan fingerprint density at radius 1 is 0.811 bits per heavy atom. The van der Waals surface area contributed by atoms with Gasteiger partial charge in [0.25, 0.3) is 0 Å². The number of likely N-dealkylation sites (N-methyl/N-ethyl adjacent to an activating group) is 1. The molecule has 0 bridgehead atoms. The zero-order chi connectivity index (χ0) is 24.8. The summed E-state index contributed by atoms with van der Waals surface area (Å²) >= 11 is 0. The van der Waals surface area contributed by atoms with Gasteiger partial charge in [-0.1, -0.05) is 12.1 Å². The van der Waals surface area contributed by atoms with Gasteiger partial charge in [0.1, 0.15) is 5.69 Å². The summed E-state index contributed by atoms with van der Waals surface area (Å²) in [4.78, 5) is 15.6. The van der Waals surface area contributed by atoms with Gasteiger partial charge in [-0.15, -0.1) is 0 Å². The molecule has 0 aliphatic carbocycles. The van der Waals surface area contributed by atoms with Crippen molar-refractivity contribution in [3.63, 3.8) is 0 Å². The molecule has 2 N–H and O–H groups in total. The first-order chi connectivity index (χ1) is 18.2. The number of piperazine rings is 1. The van der Waals surface area contributed by atoms with Crippen LogP contribution in [0.25, 0.3) is 44.3 Å². The fourth-order valence-corrected chi connectivity index (χ4v) is 5.92. The predicted molar refractivity (Wildman–Crippen MR) is 151 cm³/mol. The van der Waals surface area contributed by atoms with Gasteiger partial charge >= 0.3 is 0 Å². The van der Waals surface area contributed by atoms with Crippen molar-refractivity contribution in [3.05, 3.63) is 66.5 Å². The molecule has 0 unspecified atom stereocenters. The molecular formula is C30H33N7. The molecule has 5 heterocycles. The molecule has 2 saturated heterocycles. The number of rotatable bonds is 5. The Hall–Kier alpha value is -3.68. The Morgan fingerprint density at radius 3 is 2.54 bits per heavy atom. The summed E-state index contributed by atoms with van der Waals surface area (Å²) in [6.07, 6.45) is 6.58. The summed E-state index contributed by atoms with van der Waals surface area (Å²) in [6.45, 7) is 7.64. The van der Waals surface area contributed by atoms with Crippen molar-refractivity contribution in [3.8, 4) is 22.5 Å². The zero-order valence-electron chi connectivity index (χ0n) is 21.4. The monoisotopic (exact) mass is 491 g/mol. The van der Waals surface area contributed by atoms with Crippen LogP contribution in [0.15, 0.2) is 60.9 Å². The first-order valence-corrected chi connectivity index (χ1v) is 13.4. The fraction of sp³-hybridized carbons (Fsp3) is 0.333. The van der Waals surface area contributed by atoms with Gasteiger partial charge in [-0.05, 0) is 80.5 Å². The highest BCUT2D eigenvalue weighted by atomic mass is 15.2. The number of aromatic nitrogens is 4. The van der Waals surface area contributed by atoms with Crippen molar-refractivity contribution >= 4 is 27.5 Å². The lowest BCUT2D eigenvalue weighted by atomic mass is 10.0. The number of pyridine rings is 1. The molecule has 0 amide bonds. The third-order valence-corrected chi connectivity index (χ3v) is 8.04. The number of likely N-dealkylation sites (tertiary alicyclic amines) is 1. The predicted octanol–water partition coefficient (Wildman–Crippen LogP) is 5.12. The molecule has 5 aromatic rings. The number of nitrogens with one attached hydrogen (secondary N) is 2. The van der Waals surface area contributed by atoms with E-state index in [1.54, 1.807) is 0 Å². The van der Waals surface area contributed by atoms with Crippen LogP contribution in [0.1, 0.15) is 18.4 Å². The summed E-state index contributed by atoms with van der Waals surface area (Å²) in [5.74, 6) is 0. The van der Waals surface area contributed by atoms with Crippen LogP contribution in [-0.4, -0.2) is 76.3 Å². The number of benzene rings is 2. The number of H-pyrrole nitrogens is 2. The van der Waals surface area contributed by atoms with E-state index >= 15 is 0 Å². The van der Waals surface area contributed by atoms with Crippen LogP contribution in [0.3, 0.4) is 0 Å². The molecule has 7 heteroatoms. The molecule has 2 fully saturated rings. The number of hydrogen-bond donors (Lipinski definition) is 2. The molecule has 2 aliphatic heterocycles. The fourth-order valence-electron chi connectivity index (χ4n) is 5.92. The van der Waals surface area contributed by atoms with E-state index in [1.165, 1.54) is 48.1 Å². The van der Waals surface area contributed by atoms with Gasteiger partial charge in [-0.2, -0.15) is 5.10 Å². The molecule has 0 spiro atoms.